The molecule has 3 aromatic rings. The molecule has 8 heteroatoms. The van der Waals surface area contributed by atoms with Crippen molar-refractivity contribution < 1.29 is 18.0 Å². The van der Waals surface area contributed by atoms with E-state index in [2.05, 4.69) is 5.32 Å². The lowest BCUT2D eigenvalue weighted by molar-refractivity contribution is 0.0995. The molecule has 0 saturated heterocycles. The van der Waals surface area contributed by atoms with Crippen LogP contribution in [0.4, 0.5) is 11.4 Å². The number of amides is 2. The summed E-state index contributed by atoms with van der Waals surface area (Å²) in [4.78, 5) is 24.2. The molecule has 0 atom stereocenters. The predicted octanol–water partition coefficient (Wildman–Crippen LogP) is 3.93. The fraction of sp³-hybridized carbons (Fsp3) is 0.200. The van der Waals surface area contributed by atoms with Crippen molar-refractivity contribution in [1.82, 2.24) is 0 Å². The lowest BCUT2D eigenvalue weighted by Gasteiger charge is -2.23. The Morgan fingerprint density at radius 2 is 1.55 bits per heavy atom. The number of nitrogens with one attached hydrogen (secondary N) is 1. The molecule has 0 aromatic heterocycles. The summed E-state index contributed by atoms with van der Waals surface area (Å²) >= 11 is 0. The second-order valence-electron chi connectivity index (χ2n) is 8.11. The summed E-state index contributed by atoms with van der Waals surface area (Å²) in [7, 11) is -3.52. The number of sulfonamides is 1. The molecule has 0 saturated carbocycles. The van der Waals surface area contributed by atoms with Crippen LogP contribution in [0, 0.1) is 20.8 Å². The number of nitrogens with zero attached hydrogens (tertiary/aromatic N) is 1. The van der Waals surface area contributed by atoms with Crippen molar-refractivity contribution in [3.05, 3.63) is 94.0 Å². The lowest BCUT2D eigenvalue weighted by Crippen LogP contribution is -2.29. The molecule has 0 bridgehead atoms. The Bertz CT molecular complexity index is 1300. The third-order valence-electron chi connectivity index (χ3n) is 5.28. The van der Waals surface area contributed by atoms with Crippen LogP contribution in [0.3, 0.4) is 0 Å². The van der Waals surface area contributed by atoms with Gasteiger partial charge in [0.15, 0.2) is 0 Å². The highest BCUT2D eigenvalue weighted by Gasteiger charge is 2.19. The van der Waals surface area contributed by atoms with E-state index < -0.39 is 15.9 Å². The van der Waals surface area contributed by atoms with Gasteiger partial charge in [0.05, 0.1) is 18.5 Å². The Kier molecular flexibility index (Phi) is 6.88. The Morgan fingerprint density at radius 1 is 0.939 bits per heavy atom. The van der Waals surface area contributed by atoms with Crippen molar-refractivity contribution in [2.45, 2.75) is 27.3 Å². The van der Waals surface area contributed by atoms with E-state index in [1.165, 1.54) is 10.6 Å². The van der Waals surface area contributed by atoms with Gasteiger partial charge in [-0.2, -0.15) is 0 Å². The van der Waals surface area contributed by atoms with Gasteiger partial charge in [0.2, 0.25) is 15.9 Å². The lowest BCUT2D eigenvalue weighted by atomic mass is 10.1. The SMILES string of the molecule is Cc1cc(C)cc(N(Cc2ccc(C(=O)Nc3cccc(C(N)=O)c3C)cc2)S(C)(=O)=O)c1. The zero-order chi connectivity index (χ0) is 24.3. The van der Waals surface area contributed by atoms with Gasteiger partial charge < -0.3 is 11.1 Å². The normalized spacial score (nSPS) is 11.2. The number of rotatable bonds is 7. The largest absolute Gasteiger partial charge is 0.366 e. The summed E-state index contributed by atoms with van der Waals surface area (Å²) in [6, 6.07) is 17.3. The molecule has 2 amide bonds. The van der Waals surface area contributed by atoms with Crippen LogP contribution in [0.2, 0.25) is 0 Å². The molecule has 3 N–H and O–H groups in total. The number of aryl methyl sites for hydroxylation is 2. The van der Waals surface area contributed by atoms with Gasteiger partial charge in [-0.05, 0) is 79.4 Å². The maximum atomic E-state index is 12.7. The molecule has 0 radical (unpaired) electrons. The Hall–Kier alpha value is -3.65. The van der Waals surface area contributed by atoms with Gasteiger partial charge in [0.1, 0.15) is 0 Å². The maximum Gasteiger partial charge on any atom is 0.255 e. The zero-order valence-corrected chi connectivity index (χ0v) is 19.9. The van der Waals surface area contributed by atoms with Gasteiger partial charge in [0, 0.05) is 16.8 Å². The van der Waals surface area contributed by atoms with E-state index in [9.17, 15) is 18.0 Å². The molecule has 172 valence electrons. The van der Waals surface area contributed by atoms with Crippen LogP contribution in [0.15, 0.2) is 60.7 Å². The van der Waals surface area contributed by atoms with Crippen molar-refractivity contribution in [2.75, 3.05) is 15.9 Å². The van der Waals surface area contributed by atoms with Crippen LogP contribution in [0.5, 0.6) is 0 Å². The highest BCUT2D eigenvalue weighted by atomic mass is 32.2. The second kappa shape index (κ2) is 9.46. The molecule has 0 aliphatic carbocycles. The molecule has 0 aliphatic rings. The van der Waals surface area contributed by atoms with Crippen molar-refractivity contribution in [2.24, 2.45) is 5.73 Å². The van der Waals surface area contributed by atoms with Crippen LogP contribution in [-0.2, 0) is 16.6 Å². The van der Waals surface area contributed by atoms with Crippen LogP contribution in [-0.4, -0.2) is 26.5 Å². The van der Waals surface area contributed by atoms with Crippen molar-refractivity contribution in [3.8, 4) is 0 Å². The number of carbonyl (C=O) groups is 2. The molecular weight excluding hydrogens is 438 g/mol. The zero-order valence-electron chi connectivity index (χ0n) is 19.0. The summed E-state index contributed by atoms with van der Waals surface area (Å²) < 4.78 is 26.3. The van der Waals surface area contributed by atoms with E-state index in [4.69, 9.17) is 5.73 Å². The smallest absolute Gasteiger partial charge is 0.255 e. The van der Waals surface area contributed by atoms with E-state index in [0.717, 1.165) is 16.7 Å². The Labute approximate surface area is 194 Å². The predicted molar refractivity (Wildman–Crippen MR) is 131 cm³/mol. The molecule has 0 fully saturated rings. The van der Waals surface area contributed by atoms with Crippen molar-refractivity contribution in [1.29, 1.82) is 0 Å². The second-order valence-corrected chi connectivity index (χ2v) is 10.0. The monoisotopic (exact) mass is 465 g/mol. The molecule has 0 spiro atoms. The van der Waals surface area contributed by atoms with Crippen LogP contribution in [0.25, 0.3) is 0 Å². The third kappa shape index (κ3) is 5.78. The molecule has 0 unspecified atom stereocenters. The van der Waals surface area contributed by atoms with Gasteiger partial charge in [-0.3, -0.25) is 13.9 Å². The molecule has 33 heavy (non-hydrogen) atoms. The van der Waals surface area contributed by atoms with Gasteiger partial charge in [0.25, 0.3) is 5.91 Å². The third-order valence-corrected chi connectivity index (χ3v) is 6.43. The number of benzene rings is 3. The van der Waals surface area contributed by atoms with Gasteiger partial charge in [-0.15, -0.1) is 0 Å². The van der Waals surface area contributed by atoms with Crippen LogP contribution >= 0.6 is 0 Å². The molecule has 3 rings (SSSR count). The highest BCUT2D eigenvalue weighted by Crippen LogP contribution is 2.24. The Balaban J connectivity index is 1.81. The molecule has 0 aliphatic heterocycles. The van der Waals surface area contributed by atoms with Gasteiger partial charge in [-0.25, -0.2) is 8.42 Å². The number of nitrogens with two attached hydrogens (primary N) is 1. The number of anilines is 2. The first-order valence-corrected chi connectivity index (χ1v) is 12.2. The average Bonchev–Trinajstić information content (AvgIpc) is 2.72. The highest BCUT2D eigenvalue weighted by molar-refractivity contribution is 7.92. The van der Waals surface area contributed by atoms with Gasteiger partial charge >= 0.3 is 0 Å². The fourth-order valence-corrected chi connectivity index (χ4v) is 4.53. The fourth-order valence-electron chi connectivity index (χ4n) is 3.65. The number of hydrogen-bond donors (Lipinski definition) is 2. The molecule has 3 aromatic carbocycles. The number of hydrogen-bond acceptors (Lipinski definition) is 4. The van der Waals surface area contributed by atoms with Crippen LogP contribution in [0.1, 0.15) is 43.0 Å². The van der Waals surface area contributed by atoms with E-state index >= 15 is 0 Å². The van der Waals surface area contributed by atoms with E-state index in [0.29, 0.717) is 28.1 Å². The first-order valence-electron chi connectivity index (χ1n) is 10.3. The maximum absolute atomic E-state index is 12.7. The van der Waals surface area contributed by atoms with Crippen molar-refractivity contribution in [3.63, 3.8) is 0 Å². The first kappa shape index (κ1) is 24.0. The molecule has 0 heterocycles. The van der Waals surface area contributed by atoms with Crippen molar-refractivity contribution >= 4 is 33.2 Å². The minimum atomic E-state index is -3.52. The summed E-state index contributed by atoms with van der Waals surface area (Å²) in [5, 5.41) is 2.79. The number of primary amides is 1. The Morgan fingerprint density at radius 3 is 2.09 bits per heavy atom. The van der Waals surface area contributed by atoms with E-state index in [1.807, 2.05) is 32.0 Å². The number of carbonyl (C=O) groups excluding carboxylic acids is 2. The quantitative estimate of drug-likeness (QED) is 0.551. The first-order chi connectivity index (χ1) is 15.5. The molecular formula is C25H27N3O4S. The standard InChI is InChI=1S/C25H27N3O4S/c1-16-12-17(2)14-21(13-16)28(33(4,31)32)15-19-8-10-20(11-9-19)25(30)27-23-7-5-6-22(18(23)3)24(26)29/h5-14H,15H2,1-4H3,(H2,26,29)(H,27,30). The minimum Gasteiger partial charge on any atom is -0.366 e. The van der Waals surface area contributed by atoms with Crippen LogP contribution < -0.4 is 15.4 Å². The summed E-state index contributed by atoms with van der Waals surface area (Å²) in [5.74, 6) is -0.910. The molecule has 7 nitrogen and oxygen atoms in total. The average molecular weight is 466 g/mol. The topological polar surface area (TPSA) is 110 Å². The van der Waals surface area contributed by atoms with Gasteiger partial charge in [-0.1, -0.05) is 24.3 Å². The summed E-state index contributed by atoms with van der Waals surface area (Å²) in [6.07, 6.45) is 1.18. The van der Waals surface area contributed by atoms with E-state index in [1.54, 1.807) is 49.4 Å². The summed E-state index contributed by atoms with van der Waals surface area (Å²) in [5.41, 5.74) is 10.5. The van der Waals surface area contributed by atoms with E-state index in [-0.39, 0.29) is 12.5 Å². The minimum absolute atomic E-state index is 0.142. The summed E-state index contributed by atoms with van der Waals surface area (Å²) in [6.45, 7) is 5.70.